The Bertz CT molecular complexity index is 2020. The van der Waals surface area contributed by atoms with Gasteiger partial charge in [0.25, 0.3) is 0 Å². The van der Waals surface area contributed by atoms with Crippen molar-refractivity contribution >= 4 is 45.1 Å². The Morgan fingerprint density at radius 1 is 0.805 bits per heavy atom. The third-order valence-electron chi connectivity index (χ3n) is 7.03. The maximum Gasteiger partial charge on any atom is 2.00 e. The van der Waals surface area contributed by atoms with Crippen LogP contribution in [-0.2, 0) is 26.5 Å². The Hall–Kier alpha value is -4.44. The van der Waals surface area contributed by atoms with Crippen LogP contribution < -0.4 is 9.31 Å². The third kappa shape index (κ3) is 4.67. The number of ether oxygens (including phenoxy) is 1. The quantitative estimate of drug-likeness (QED) is 0.146. The van der Waals surface area contributed by atoms with Gasteiger partial charge in [0.1, 0.15) is 12.9 Å². The van der Waals surface area contributed by atoms with Gasteiger partial charge in [-0.1, -0.05) is 56.6 Å². The summed E-state index contributed by atoms with van der Waals surface area (Å²) in [4.78, 5) is 13.6. The molecule has 7 nitrogen and oxygen atoms in total. The molecular formula is C33H26N6OPt+2. The minimum atomic E-state index is -0.127. The summed E-state index contributed by atoms with van der Waals surface area (Å²) in [6.07, 6.45) is 5.17. The van der Waals surface area contributed by atoms with Gasteiger partial charge in [0.05, 0.1) is 11.9 Å². The number of hydrogen-bond acceptors (Lipinski definition) is 4. The summed E-state index contributed by atoms with van der Waals surface area (Å²) in [5, 5.41) is 2.22. The first-order valence-corrected chi connectivity index (χ1v) is 13.1. The van der Waals surface area contributed by atoms with E-state index in [1.807, 2.05) is 52.6 Å². The number of pyridine rings is 1. The van der Waals surface area contributed by atoms with Crippen LogP contribution in [0.1, 0.15) is 26.3 Å². The smallest absolute Gasteiger partial charge is 0.509 e. The van der Waals surface area contributed by atoms with Gasteiger partial charge in [0.2, 0.25) is 0 Å². The predicted molar refractivity (Wildman–Crippen MR) is 156 cm³/mol. The average molecular weight is 718 g/mol. The monoisotopic (exact) mass is 717 g/mol. The first-order valence-electron chi connectivity index (χ1n) is 13.1. The van der Waals surface area contributed by atoms with Crippen LogP contribution in [0.3, 0.4) is 0 Å². The van der Waals surface area contributed by atoms with E-state index in [0.717, 1.165) is 44.7 Å². The molecule has 0 fully saturated rings. The molecule has 8 heteroatoms. The molecule has 0 aliphatic carbocycles. The van der Waals surface area contributed by atoms with Gasteiger partial charge in [-0.25, -0.2) is 4.98 Å². The molecule has 0 amide bonds. The van der Waals surface area contributed by atoms with Crippen molar-refractivity contribution < 1.29 is 30.4 Å². The molecule has 41 heavy (non-hydrogen) atoms. The molecule has 0 bridgehead atoms. The van der Waals surface area contributed by atoms with Gasteiger partial charge in [-0.2, -0.15) is 11.1 Å². The van der Waals surface area contributed by atoms with Gasteiger partial charge in [-0.15, -0.1) is 44.4 Å². The molecule has 4 heterocycles. The fraction of sp³-hybridized carbons (Fsp3) is 0.152. The van der Waals surface area contributed by atoms with E-state index >= 15 is 0 Å². The van der Waals surface area contributed by atoms with Crippen molar-refractivity contribution in [2.24, 2.45) is 0 Å². The van der Waals surface area contributed by atoms with E-state index in [4.69, 9.17) is 4.74 Å². The average Bonchev–Trinajstić information content (AvgIpc) is 3.47. The van der Waals surface area contributed by atoms with Crippen LogP contribution in [0.5, 0.6) is 11.5 Å². The van der Waals surface area contributed by atoms with Gasteiger partial charge < -0.3 is 9.30 Å². The largest absolute Gasteiger partial charge is 2.00 e. The summed E-state index contributed by atoms with van der Waals surface area (Å²) in [5.41, 5.74) is 3.71. The van der Waals surface area contributed by atoms with E-state index in [1.165, 1.54) is 0 Å². The summed E-state index contributed by atoms with van der Waals surface area (Å²) < 4.78 is 12.3. The second-order valence-electron chi connectivity index (χ2n) is 10.8. The Morgan fingerprint density at radius 2 is 1.59 bits per heavy atom. The molecule has 0 saturated heterocycles. The van der Waals surface area contributed by atoms with E-state index < -0.39 is 0 Å². The van der Waals surface area contributed by atoms with Gasteiger partial charge in [0, 0.05) is 28.2 Å². The van der Waals surface area contributed by atoms with Crippen molar-refractivity contribution in [2.75, 3.05) is 7.05 Å². The van der Waals surface area contributed by atoms with Gasteiger partial charge in [0.15, 0.2) is 6.20 Å². The third-order valence-corrected chi connectivity index (χ3v) is 7.03. The molecule has 0 saturated carbocycles. The van der Waals surface area contributed by atoms with Gasteiger partial charge >= 0.3 is 38.7 Å². The molecule has 3 aromatic carbocycles. The fourth-order valence-corrected chi connectivity index (χ4v) is 5.04. The molecular weight excluding hydrogens is 691 g/mol. The molecule has 0 atom stereocenters. The van der Waals surface area contributed by atoms with Crippen LogP contribution in [0.2, 0.25) is 0 Å². The van der Waals surface area contributed by atoms with Crippen molar-refractivity contribution in [3.05, 3.63) is 103 Å². The zero-order valence-electron chi connectivity index (χ0n) is 23.0. The van der Waals surface area contributed by atoms with Crippen LogP contribution in [0.4, 0.5) is 17.3 Å². The molecule has 202 valence electrons. The molecule has 0 radical (unpaired) electrons. The topological polar surface area (TPSA) is 58.9 Å². The van der Waals surface area contributed by atoms with Crippen molar-refractivity contribution in [2.45, 2.75) is 26.2 Å². The number of benzene rings is 3. The number of fused-ring (bicyclic) bond motifs is 4. The molecule has 1 aliphatic heterocycles. The standard InChI is InChI=1S/C33H26N6O.Pt/c1-33(2,3)22-17-23(38-21-37(4)31-32(38)36-16-15-35-31)19-25(18-22)40-24-12-13-27-26-9-5-6-10-28(26)39(29(27)20-24)30-11-7-8-14-34-30;/h5-18H,1-4H3;/q;+2. The van der Waals surface area contributed by atoms with E-state index in [2.05, 4.69) is 88.8 Å². The number of nitrogens with zero attached hydrogens (tertiary/aromatic N) is 6. The maximum atomic E-state index is 6.48. The Labute approximate surface area is 252 Å². The fourth-order valence-electron chi connectivity index (χ4n) is 5.04. The van der Waals surface area contributed by atoms with Gasteiger partial charge in [-0.3, -0.25) is 0 Å². The molecule has 3 aromatic heterocycles. The van der Waals surface area contributed by atoms with Crippen LogP contribution >= 0.6 is 0 Å². The first kappa shape index (κ1) is 26.8. The Kier molecular flexibility index (Phi) is 6.65. The van der Waals surface area contributed by atoms with Crippen LogP contribution in [-0.4, -0.2) is 37.2 Å². The predicted octanol–water partition coefficient (Wildman–Crippen LogP) is 6.95. The van der Waals surface area contributed by atoms with Crippen molar-refractivity contribution in [1.29, 1.82) is 0 Å². The normalized spacial score (nSPS) is 12.6. The number of para-hydroxylation sites is 1. The van der Waals surface area contributed by atoms with Gasteiger partial charge in [-0.05, 0) is 29.0 Å². The molecule has 6 aromatic rings. The number of hydrogen-bond donors (Lipinski definition) is 0. The zero-order chi connectivity index (χ0) is 27.4. The molecule has 7 rings (SSSR count). The first-order chi connectivity index (χ1) is 19.4. The van der Waals surface area contributed by atoms with Crippen LogP contribution in [0.25, 0.3) is 27.6 Å². The second-order valence-corrected chi connectivity index (χ2v) is 10.8. The summed E-state index contributed by atoms with van der Waals surface area (Å²) in [6.45, 7) is 6.53. The molecule has 0 spiro atoms. The second kappa shape index (κ2) is 10.2. The van der Waals surface area contributed by atoms with E-state index in [9.17, 15) is 0 Å². The summed E-state index contributed by atoms with van der Waals surface area (Å²) >= 11 is 0. The summed E-state index contributed by atoms with van der Waals surface area (Å²) in [5.74, 6) is 3.44. The Balaban J connectivity index is 0.00000302. The van der Waals surface area contributed by atoms with Crippen molar-refractivity contribution in [3.8, 4) is 17.3 Å². The summed E-state index contributed by atoms with van der Waals surface area (Å²) in [7, 11) is 1.91. The van der Waals surface area contributed by atoms with Crippen LogP contribution in [0, 0.1) is 12.1 Å². The van der Waals surface area contributed by atoms with E-state index in [-0.39, 0.29) is 26.5 Å². The Morgan fingerprint density at radius 3 is 2.37 bits per heavy atom. The molecule has 0 unspecified atom stereocenters. The number of rotatable bonds is 4. The summed E-state index contributed by atoms with van der Waals surface area (Å²) in [6, 6.07) is 32.7. The SMILES string of the molecule is C[N+]1=C=[N+](c2[c-]c(Oc3[c-]c4c(cc3)c3ccccc3n4-c3ccccn3)cc(C(C)(C)C)c2)c2nccnc21.[Pt+2]. The molecule has 1 aliphatic rings. The minimum absolute atomic E-state index is 0. The maximum absolute atomic E-state index is 6.48. The molecule has 0 N–H and O–H groups in total. The van der Waals surface area contributed by atoms with Crippen LogP contribution in [0.15, 0.2) is 85.3 Å². The van der Waals surface area contributed by atoms with Crippen molar-refractivity contribution in [1.82, 2.24) is 24.1 Å². The van der Waals surface area contributed by atoms with E-state index in [1.54, 1.807) is 18.6 Å². The van der Waals surface area contributed by atoms with Crippen molar-refractivity contribution in [3.63, 3.8) is 0 Å². The zero-order valence-corrected chi connectivity index (χ0v) is 25.3. The van der Waals surface area contributed by atoms with E-state index in [0.29, 0.717) is 17.3 Å². The minimum Gasteiger partial charge on any atom is -0.509 e. The number of aromatic nitrogens is 4.